The molecular weight excluding hydrogens is 428 g/mol. The third kappa shape index (κ3) is 4.87. The zero-order valence-electron chi connectivity index (χ0n) is 17.9. The lowest BCUT2D eigenvalue weighted by Gasteiger charge is -2.26. The van der Waals surface area contributed by atoms with Gasteiger partial charge in [0, 0.05) is 13.1 Å². The highest BCUT2D eigenvalue weighted by Gasteiger charge is 2.27. The molecule has 0 aliphatic carbocycles. The van der Waals surface area contributed by atoms with Crippen molar-refractivity contribution >= 4 is 32.4 Å². The molecule has 168 valence electrons. The Kier molecular flexibility index (Phi) is 6.62. The van der Waals surface area contributed by atoms with Crippen molar-refractivity contribution in [2.75, 3.05) is 32.1 Å². The number of piperidine rings is 1. The second kappa shape index (κ2) is 9.58. The minimum atomic E-state index is -3.63. The first-order valence-corrected chi connectivity index (χ1v) is 12.0. The number of anilines is 1. The van der Waals surface area contributed by atoms with Gasteiger partial charge in [-0.05, 0) is 53.9 Å². The molecule has 1 aliphatic heterocycles. The van der Waals surface area contributed by atoms with E-state index in [0.717, 1.165) is 30.0 Å². The summed E-state index contributed by atoms with van der Waals surface area (Å²) < 4.78 is 38.4. The Morgan fingerprint density at radius 1 is 0.969 bits per heavy atom. The van der Waals surface area contributed by atoms with Crippen LogP contribution in [0.25, 0.3) is 10.8 Å². The van der Waals surface area contributed by atoms with Crippen molar-refractivity contribution in [2.45, 2.75) is 24.2 Å². The molecule has 0 atom stereocenters. The molecule has 0 spiro atoms. The summed E-state index contributed by atoms with van der Waals surface area (Å²) in [4.78, 5) is 12.7. The van der Waals surface area contributed by atoms with Crippen LogP contribution in [0.4, 0.5) is 5.69 Å². The second-order valence-corrected chi connectivity index (χ2v) is 9.61. The number of hydrogen-bond acceptors (Lipinski definition) is 5. The largest absolute Gasteiger partial charge is 0.495 e. The van der Waals surface area contributed by atoms with E-state index in [2.05, 4.69) is 5.32 Å². The minimum Gasteiger partial charge on any atom is -0.495 e. The van der Waals surface area contributed by atoms with Crippen molar-refractivity contribution < 1.29 is 22.7 Å². The topological polar surface area (TPSA) is 84.9 Å². The molecule has 3 aromatic rings. The van der Waals surface area contributed by atoms with Gasteiger partial charge in [-0.15, -0.1) is 0 Å². The van der Waals surface area contributed by atoms with E-state index in [1.165, 1.54) is 23.5 Å². The summed E-state index contributed by atoms with van der Waals surface area (Å²) in [5.74, 6) is 0.540. The normalized spacial score (nSPS) is 14.8. The van der Waals surface area contributed by atoms with Gasteiger partial charge in [-0.2, -0.15) is 4.31 Å². The van der Waals surface area contributed by atoms with E-state index < -0.39 is 15.9 Å². The Labute approximate surface area is 188 Å². The SMILES string of the molecule is COc1ccc(S(=O)(=O)N2CCCCC2)cc1NC(=O)COc1ccc2ccccc2c1. The summed E-state index contributed by atoms with van der Waals surface area (Å²) in [6.07, 6.45) is 2.74. The highest BCUT2D eigenvalue weighted by atomic mass is 32.2. The van der Waals surface area contributed by atoms with E-state index in [4.69, 9.17) is 9.47 Å². The number of nitrogens with one attached hydrogen (secondary N) is 1. The fraction of sp³-hybridized carbons (Fsp3) is 0.292. The van der Waals surface area contributed by atoms with Gasteiger partial charge in [0.15, 0.2) is 6.61 Å². The molecular formula is C24H26N2O5S. The average molecular weight is 455 g/mol. The number of nitrogens with zero attached hydrogens (tertiary/aromatic N) is 1. The molecule has 8 heteroatoms. The summed E-state index contributed by atoms with van der Waals surface area (Å²) in [7, 11) is -2.16. The predicted octanol–water partition coefficient (Wildman–Crippen LogP) is 4.04. The van der Waals surface area contributed by atoms with E-state index >= 15 is 0 Å². The van der Waals surface area contributed by atoms with Crippen molar-refractivity contribution in [1.82, 2.24) is 4.31 Å². The van der Waals surface area contributed by atoms with Crippen molar-refractivity contribution in [3.63, 3.8) is 0 Å². The number of methoxy groups -OCH3 is 1. The number of hydrogen-bond donors (Lipinski definition) is 1. The van der Waals surface area contributed by atoms with Crippen LogP contribution in [0.1, 0.15) is 19.3 Å². The van der Waals surface area contributed by atoms with Gasteiger partial charge in [-0.3, -0.25) is 4.79 Å². The number of ether oxygens (including phenoxy) is 2. The summed E-state index contributed by atoms with van der Waals surface area (Å²) in [5, 5.41) is 4.81. The molecule has 7 nitrogen and oxygen atoms in total. The fourth-order valence-corrected chi connectivity index (χ4v) is 5.34. The third-order valence-electron chi connectivity index (χ3n) is 5.49. The maximum absolute atomic E-state index is 13.0. The molecule has 1 N–H and O–H groups in total. The predicted molar refractivity (Wildman–Crippen MR) is 124 cm³/mol. The molecule has 1 saturated heterocycles. The molecule has 4 rings (SSSR count). The Bertz CT molecular complexity index is 1220. The van der Waals surface area contributed by atoms with E-state index in [-0.39, 0.29) is 17.2 Å². The molecule has 0 bridgehead atoms. The van der Waals surface area contributed by atoms with Crippen LogP contribution in [-0.4, -0.2) is 45.4 Å². The molecule has 0 unspecified atom stereocenters. The quantitative estimate of drug-likeness (QED) is 0.582. The summed E-state index contributed by atoms with van der Waals surface area (Å²) in [6.45, 7) is 0.801. The highest BCUT2D eigenvalue weighted by molar-refractivity contribution is 7.89. The van der Waals surface area contributed by atoms with Crippen LogP contribution in [0, 0.1) is 0 Å². The van der Waals surface area contributed by atoms with E-state index in [9.17, 15) is 13.2 Å². The van der Waals surface area contributed by atoms with E-state index in [1.807, 2.05) is 42.5 Å². The first-order valence-electron chi connectivity index (χ1n) is 10.6. The van der Waals surface area contributed by atoms with Crippen molar-refractivity contribution in [2.24, 2.45) is 0 Å². The first-order chi connectivity index (χ1) is 15.5. The van der Waals surface area contributed by atoms with Gasteiger partial charge in [0.25, 0.3) is 5.91 Å². The van der Waals surface area contributed by atoms with Gasteiger partial charge >= 0.3 is 0 Å². The number of fused-ring (bicyclic) bond motifs is 1. The molecule has 1 amide bonds. The molecule has 1 aliphatic rings. The number of carbonyl (C=O) groups excluding carboxylic acids is 1. The van der Waals surface area contributed by atoms with Gasteiger partial charge in [0.05, 0.1) is 17.7 Å². The Morgan fingerprint density at radius 3 is 2.47 bits per heavy atom. The van der Waals surface area contributed by atoms with Crippen LogP contribution >= 0.6 is 0 Å². The first kappa shape index (κ1) is 22.1. The molecule has 32 heavy (non-hydrogen) atoms. The van der Waals surface area contributed by atoms with Gasteiger partial charge in [-0.25, -0.2) is 8.42 Å². The molecule has 0 saturated carbocycles. The van der Waals surface area contributed by atoms with Crippen LogP contribution in [0.3, 0.4) is 0 Å². The van der Waals surface area contributed by atoms with E-state index in [1.54, 1.807) is 6.07 Å². The standard InChI is InChI=1S/C24H26N2O5S/c1-30-23-12-11-21(32(28,29)26-13-5-2-6-14-26)16-22(23)25-24(27)17-31-20-10-9-18-7-3-4-8-19(18)15-20/h3-4,7-12,15-16H,2,5-6,13-14,17H2,1H3,(H,25,27). The van der Waals surface area contributed by atoms with Crippen molar-refractivity contribution in [3.05, 3.63) is 60.7 Å². The molecule has 3 aromatic carbocycles. The summed E-state index contributed by atoms with van der Waals surface area (Å²) in [6, 6.07) is 18.0. The smallest absolute Gasteiger partial charge is 0.262 e. The molecule has 0 radical (unpaired) electrons. The summed E-state index contributed by atoms with van der Waals surface area (Å²) >= 11 is 0. The number of benzene rings is 3. The Morgan fingerprint density at radius 2 is 1.72 bits per heavy atom. The maximum atomic E-state index is 13.0. The second-order valence-electron chi connectivity index (χ2n) is 7.67. The minimum absolute atomic E-state index is 0.131. The van der Waals surface area contributed by atoms with Gasteiger partial charge in [-0.1, -0.05) is 36.8 Å². The Hall–Kier alpha value is -3.10. The zero-order chi connectivity index (χ0) is 22.6. The van der Waals surface area contributed by atoms with Crippen LogP contribution in [0.2, 0.25) is 0 Å². The number of amides is 1. The maximum Gasteiger partial charge on any atom is 0.262 e. The average Bonchev–Trinajstić information content (AvgIpc) is 2.83. The summed E-state index contributed by atoms with van der Waals surface area (Å²) in [5.41, 5.74) is 0.290. The van der Waals surface area contributed by atoms with Crippen LogP contribution in [-0.2, 0) is 14.8 Å². The van der Waals surface area contributed by atoms with Crippen LogP contribution in [0.15, 0.2) is 65.6 Å². The van der Waals surface area contributed by atoms with Gasteiger partial charge in [0.2, 0.25) is 10.0 Å². The monoisotopic (exact) mass is 454 g/mol. The van der Waals surface area contributed by atoms with Gasteiger partial charge in [0.1, 0.15) is 11.5 Å². The number of sulfonamides is 1. The lowest BCUT2D eigenvalue weighted by Crippen LogP contribution is -2.35. The van der Waals surface area contributed by atoms with Crippen molar-refractivity contribution in [1.29, 1.82) is 0 Å². The van der Waals surface area contributed by atoms with Crippen LogP contribution < -0.4 is 14.8 Å². The fourth-order valence-electron chi connectivity index (χ4n) is 3.79. The van der Waals surface area contributed by atoms with Gasteiger partial charge < -0.3 is 14.8 Å². The van der Waals surface area contributed by atoms with E-state index in [0.29, 0.717) is 24.6 Å². The third-order valence-corrected chi connectivity index (χ3v) is 7.38. The molecule has 0 aromatic heterocycles. The van der Waals surface area contributed by atoms with Crippen molar-refractivity contribution in [3.8, 4) is 11.5 Å². The molecule has 1 heterocycles. The van der Waals surface area contributed by atoms with Crippen LogP contribution in [0.5, 0.6) is 11.5 Å². The number of rotatable bonds is 7. The highest BCUT2D eigenvalue weighted by Crippen LogP contribution is 2.30. The Balaban J connectivity index is 1.47. The lowest BCUT2D eigenvalue weighted by molar-refractivity contribution is -0.118. The zero-order valence-corrected chi connectivity index (χ0v) is 18.7. The molecule has 1 fully saturated rings. The number of carbonyl (C=O) groups is 1. The lowest BCUT2D eigenvalue weighted by atomic mass is 10.1.